The zero-order valence-electron chi connectivity index (χ0n) is 8.90. The summed E-state index contributed by atoms with van der Waals surface area (Å²) in [6.07, 6.45) is 4.64. The van der Waals surface area contributed by atoms with Gasteiger partial charge in [0.15, 0.2) is 0 Å². The van der Waals surface area contributed by atoms with E-state index in [1.807, 2.05) is 24.0 Å². The van der Waals surface area contributed by atoms with Crippen LogP contribution in [0.1, 0.15) is 18.9 Å². The molecule has 0 saturated carbocycles. The van der Waals surface area contributed by atoms with Crippen LogP contribution in [0.25, 0.3) is 0 Å². The molecule has 14 heavy (non-hydrogen) atoms. The van der Waals surface area contributed by atoms with Crippen LogP contribution in [0.3, 0.4) is 0 Å². The number of hydrogen-bond acceptors (Lipinski definition) is 3. The number of aromatic nitrogens is 2. The summed E-state index contributed by atoms with van der Waals surface area (Å²) in [5.41, 5.74) is 1.17. The summed E-state index contributed by atoms with van der Waals surface area (Å²) in [6.45, 7) is 6.06. The lowest BCUT2D eigenvalue weighted by Crippen LogP contribution is -2.34. The minimum absolute atomic E-state index is 0.220. The van der Waals surface area contributed by atoms with E-state index in [4.69, 9.17) is 5.11 Å². The van der Waals surface area contributed by atoms with E-state index in [0.29, 0.717) is 6.04 Å². The first kappa shape index (κ1) is 11.2. The van der Waals surface area contributed by atoms with Crippen LogP contribution in [-0.4, -0.2) is 34.1 Å². The summed E-state index contributed by atoms with van der Waals surface area (Å²) in [5, 5.41) is 16.4. The highest BCUT2D eigenvalue weighted by atomic mass is 16.3. The average Bonchev–Trinajstić information content (AvgIpc) is 2.52. The van der Waals surface area contributed by atoms with Crippen LogP contribution in [-0.2, 0) is 6.54 Å². The molecule has 0 bridgehead atoms. The van der Waals surface area contributed by atoms with Gasteiger partial charge in [-0.25, -0.2) is 0 Å². The highest BCUT2D eigenvalue weighted by Gasteiger charge is 2.07. The number of hydrogen-bond donors (Lipinski definition) is 2. The monoisotopic (exact) mass is 197 g/mol. The van der Waals surface area contributed by atoms with Crippen molar-refractivity contribution < 1.29 is 5.11 Å². The number of rotatable bonds is 6. The molecule has 0 radical (unpaired) electrons. The van der Waals surface area contributed by atoms with Gasteiger partial charge in [0.05, 0.1) is 12.7 Å². The van der Waals surface area contributed by atoms with Gasteiger partial charge in [0.2, 0.25) is 0 Å². The highest BCUT2D eigenvalue weighted by molar-refractivity contribution is 4.99. The fourth-order valence-corrected chi connectivity index (χ4v) is 1.50. The van der Waals surface area contributed by atoms with Gasteiger partial charge in [-0.1, -0.05) is 6.92 Å². The fraction of sp³-hybridized carbons (Fsp3) is 0.700. The Labute approximate surface area is 84.9 Å². The molecule has 0 aliphatic carbocycles. The first-order valence-corrected chi connectivity index (χ1v) is 5.09. The summed E-state index contributed by atoms with van der Waals surface area (Å²) in [5.74, 6) is 0. The van der Waals surface area contributed by atoms with Crippen molar-refractivity contribution in [1.29, 1.82) is 0 Å². The Morgan fingerprint density at radius 3 is 2.93 bits per heavy atom. The summed E-state index contributed by atoms with van der Waals surface area (Å²) < 4.78 is 1.92. The molecule has 0 fully saturated rings. The number of nitrogens with zero attached hydrogens (tertiary/aromatic N) is 2. The molecule has 4 nitrogen and oxygen atoms in total. The topological polar surface area (TPSA) is 50.1 Å². The van der Waals surface area contributed by atoms with Gasteiger partial charge in [0.1, 0.15) is 0 Å². The summed E-state index contributed by atoms with van der Waals surface area (Å²) in [6, 6.07) is 0.310. The minimum atomic E-state index is 0.220. The molecule has 0 aromatic carbocycles. The fourth-order valence-electron chi connectivity index (χ4n) is 1.50. The largest absolute Gasteiger partial charge is 0.396 e. The van der Waals surface area contributed by atoms with Gasteiger partial charge in [-0.2, -0.15) is 5.10 Å². The van der Waals surface area contributed by atoms with E-state index < -0.39 is 0 Å². The van der Waals surface area contributed by atoms with Crippen molar-refractivity contribution >= 4 is 0 Å². The second kappa shape index (κ2) is 5.78. The Hall–Kier alpha value is -0.870. The van der Waals surface area contributed by atoms with Gasteiger partial charge in [0, 0.05) is 18.8 Å². The lowest BCUT2D eigenvalue weighted by molar-refractivity contribution is 0.255. The molecule has 1 rings (SSSR count). The maximum absolute atomic E-state index is 8.88. The molecule has 80 valence electrons. The molecule has 0 aliphatic rings. The van der Waals surface area contributed by atoms with Gasteiger partial charge in [0.25, 0.3) is 0 Å². The number of aliphatic hydroxyl groups excluding tert-OH is 1. The van der Waals surface area contributed by atoms with Crippen LogP contribution in [0.5, 0.6) is 0 Å². The predicted octanol–water partition coefficient (Wildman–Crippen LogP) is 0.552. The molecule has 1 atom stereocenters. The van der Waals surface area contributed by atoms with Crippen LogP contribution in [0.15, 0.2) is 12.4 Å². The smallest absolute Gasteiger partial charge is 0.0563 e. The molecular weight excluding hydrogens is 178 g/mol. The Morgan fingerprint density at radius 2 is 2.43 bits per heavy atom. The SMILES string of the molecule is CCNC(CCO)Cn1cc(C)cn1. The van der Waals surface area contributed by atoms with Crippen molar-refractivity contribution in [2.24, 2.45) is 0 Å². The quantitative estimate of drug-likeness (QED) is 0.700. The minimum Gasteiger partial charge on any atom is -0.396 e. The van der Waals surface area contributed by atoms with E-state index >= 15 is 0 Å². The van der Waals surface area contributed by atoms with Crippen LogP contribution < -0.4 is 5.32 Å². The third kappa shape index (κ3) is 3.47. The number of likely N-dealkylation sites (N-methyl/N-ethyl adjacent to an activating group) is 1. The first-order valence-electron chi connectivity index (χ1n) is 5.09. The van der Waals surface area contributed by atoms with Gasteiger partial charge >= 0.3 is 0 Å². The molecule has 4 heteroatoms. The Kier molecular flexibility index (Phi) is 4.62. The van der Waals surface area contributed by atoms with Crippen LogP contribution in [0.4, 0.5) is 0 Å². The maximum atomic E-state index is 8.88. The molecule has 1 aromatic rings. The zero-order chi connectivity index (χ0) is 10.4. The average molecular weight is 197 g/mol. The normalized spacial score (nSPS) is 13.1. The van der Waals surface area contributed by atoms with E-state index in [0.717, 1.165) is 19.5 Å². The lowest BCUT2D eigenvalue weighted by atomic mass is 10.2. The molecule has 1 heterocycles. The second-order valence-corrected chi connectivity index (χ2v) is 3.51. The Bertz CT molecular complexity index is 254. The standard InChI is InChI=1S/C10H19N3O/c1-3-11-10(4-5-14)8-13-7-9(2)6-12-13/h6-7,10-11,14H,3-5,8H2,1-2H3. The molecule has 0 aliphatic heterocycles. The number of aliphatic hydroxyl groups is 1. The van der Waals surface area contributed by atoms with Gasteiger partial charge in [-0.3, -0.25) is 4.68 Å². The van der Waals surface area contributed by atoms with E-state index in [1.54, 1.807) is 0 Å². The zero-order valence-corrected chi connectivity index (χ0v) is 8.90. The third-order valence-electron chi connectivity index (χ3n) is 2.14. The first-order chi connectivity index (χ1) is 6.76. The van der Waals surface area contributed by atoms with Crippen molar-refractivity contribution in [2.75, 3.05) is 13.2 Å². The van der Waals surface area contributed by atoms with E-state index in [9.17, 15) is 0 Å². The van der Waals surface area contributed by atoms with Crippen molar-refractivity contribution in [3.8, 4) is 0 Å². The molecule has 1 unspecified atom stereocenters. The van der Waals surface area contributed by atoms with Crippen molar-refractivity contribution in [3.63, 3.8) is 0 Å². The summed E-state index contributed by atoms with van der Waals surface area (Å²) in [7, 11) is 0. The Morgan fingerprint density at radius 1 is 1.64 bits per heavy atom. The summed E-state index contributed by atoms with van der Waals surface area (Å²) in [4.78, 5) is 0. The molecule has 0 saturated heterocycles. The second-order valence-electron chi connectivity index (χ2n) is 3.51. The van der Waals surface area contributed by atoms with Crippen molar-refractivity contribution in [2.45, 2.75) is 32.9 Å². The van der Waals surface area contributed by atoms with E-state index in [-0.39, 0.29) is 6.61 Å². The molecule has 1 aromatic heterocycles. The third-order valence-corrected chi connectivity index (χ3v) is 2.14. The molecule has 2 N–H and O–H groups in total. The van der Waals surface area contributed by atoms with E-state index in [1.165, 1.54) is 5.56 Å². The van der Waals surface area contributed by atoms with Crippen molar-refractivity contribution in [3.05, 3.63) is 18.0 Å². The van der Waals surface area contributed by atoms with Gasteiger partial charge in [-0.15, -0.1) is 0 Å². The molecular formula is C10H19N3O. The molecule has 0 amide bonds. The van der Waals surface area contributed by atoms with Crippen LogP contribution >= 0.6 is 0 Å². The predicted molar refractivity (Wildman–Crippen MR) is 56.1 cm³/mol. The number of aryl methyl sites for hydroxylation is 1. The molecule has 0 spiro atoms. The number of nitrogens with one attached hydrogen (secondary N) is 1. The Balaban J connectivity index is 2.46. The summed E-state index contributed by atoms with van der Waals surface area (Å²) >= 11 is 0. The maximum Gasteiger partial charge on any atom is 0.0563 e. The van der Waals surface area contributed by atoms with Crippen molar-refractivity contribution in [1.82, 2.24) is 15.1 Å². The van der Waals surface area contributed by atoms with E-state index in [2.05, 4.69) is 17.3 Å². The van der Waals surface area contributed by atoms with Crippen LogP contribution in [0, 0.1) is 6.92 Å². The van der Waals surface area contributed by atoms with Gasteiger partial charge in [-0.05, 0) is 25.5 Å². The lowest BCUT2D eigenvalue weighted by Gasteiger charge is -2.16. The van der Waals surface area contributed by atoms with Gasteiger partial charge < -0.3 is 10.4 Å². The highest BCUT2D eigenvalue weighted by Crippen LogP contribution is 1.99. The van der Waals surface area contributed by atoms with Crippen LogP contribution in [0.2, 0.25) is 0 Å².